The van der Waals surface area contributed by atoms with E-state index in [1.807, 2.05) is 0 Å². The Bertz CT molecular complexity index is 491. The number of hydrogen-bond acceptors (Lipinski definition) is 3. The van der Waals surface area contributed by atoms with E-state index < -0.39 is 11.6 Å². The summed E-state index contributed by atoms with van der Waals surface area (Å²) < 4.78 is 28.1. The molecule has 1 saturated heterocycles. The van der Waals surface area contributed by atoms with Crippen molar-refractivity contribution in [1.29, 1.82) is 0 Å². The second kappa shape index (κ2) is 6.85. The second-order valence-corrected chi connectivity index (χ2v) is 5.48. The summed E-state index contributed by atoms with van der Waals surface area (Å²) in [6, 6.07) is 2.59. The Morgan fingerprint density at radius 1 is 1.33 bits per heavy atom. The van der Waals surface area contributed by atoms with Crippen molar-refractivity contribution in [2.24, 2.45) is 11.7 Å². The number of nitrogens with one attached hydrogen (secondary N) is 1. The molecule has 0 unspecified atom stereocenters. The van der Waals surface area contributed by atoms with E-state index in [-0.39, 0.29) is 18.1 Å². The monoisotopic (exact) mass is 297 g/mol. The van der Waals surface area contributed by atoms with E-state index in [4.69, 9.17) is 5.73 Å². The van der Waals surface area contributed by atoms with Crippen molar-refractivity contribution in [2.75, 3.05) is 24.5 Å². The zero-order valence-corrected chi connectivity index (χ0v) is 12.2. The topological polar surface area (TPSA) is 58.4 Å². The molecule has 6 heteroatoms. The zero-order valence-electron chi connectivity index (χ0n) is 12.2. The number of amides is 1. The van der Waals surface area contributed by atoms with Crippen LogP contribution in [0.1, 0.15) is 25.3 Å². The van der Waals surface area contributed by atoms with Crippen LogP contribution in [0.4, 0.5) is 14.5 Å². The van der Waals surface area contributed by atoms with E-state index in [0.29, 0.717) is 31.1 Å². The van der Waals surface area contributed by atoms with Crippen molar-refractivity contribution < 1.29 is 13.6 Å². The minimum absolute atomic E-state index is 0.0326. The van der Waals surface area contributed by atoms with E-state index in [0.717, 1.165) is 12.8 Å². The summed E-state index contributed by atoms with van der Waals surface area (Å²) in [6.45, 7) is 3.40. The zero-order chi connectivity index (χ0) is 15.4. The molecule has 2 rings (SSSR count). The van der Waals surface area contributed by atoms with Gasteiger partial charge in [-0.2, -0.15) is 0 Å². The molecule has 1 aromatic carbocycles. The Kier molecular flexibility index (Phi) is 5.12. The van der Waals surface area contributed by atoms with Crippen molar-refractivity contribution in [1.82, 2.24) is 5.32 Å². The quantitative estimate of drug-likeness (QED) is 0.890. The number of benzene rings is 1. The third-order valence-electron chi connectivity index (χ3n) is 3.88. The SMILES string of the molecule is CC(=O)NCC1CCN(c2c(F)cc(CN)cc2F)CC1. The summed E-state index contributed by atoms with van der Waals surface area (Å²) in [5.74, 6) is -0.807. The standard InChI is InChI=1S/C15H21F2N3O/c1-10(21)19-9-11-2-4-20(5-3-11)15-13(16)6-12(8-18)7-14(15)17/h6-7,11H,2-5,8-9,18H2,1H3,(H,19,21). The van der Waals surface area contributed by atoms with E-state index in [1.54, 1.807) is 4.90 Å². The molecule has 1 amide bonds. The minimum Gasteiger partial charge on any atom is -0.367 e. The van der Waals surface area contributed by atoms with Crippen LogP contribution in [0.5, 0.6) is 0 Å². The molecule has 1 aliphatic heterocycles. The molecule has 116 valence electrons. The van der Waals surface area contributed by atoms with Gasteiger partial charge in [-0.1, -0.05) is 0 Å². The van der Waals surface area contributed by atoms with Crippen LogP contribution in [0.25, 0.3) is 0 Å². The van der Waals surface area contributed by atoms with Gasteiger partial charge in [0.2, 0.25) is 5.91 Å². The fourth-order valence-corrected chi connectivity index (χ4v) is 2.69. The van der Waals surface area contributed by atoms with Crippen LogP contribution in [0.3, 0.4) is 0 Å². The van der Waals surface area contributed by atoms with Gasteiger partial charge in [0.1, 0.15) is 17.3 Å². The number of rotatable bonds is 4. The van der Waals surface area contributed by atoms with Crippen molar-refractivity contribution in [3.8, 4) is 0 Å². The number of carbonyl (C=O) groups excluding carboxylic acids is 1. The molecule has 0 atom stereocenters. The highest BCUT2D eigenvalue weighted by atomic mass is 19.1. The van der Waals surface area contributed by atoms with Crippen LogP contribution in [0, 0.1) is 17.6 Å². The maximum Gasteiger partial charge on any atom is 0.216 e. The third-order valence-corrected chi connectivity index (χ3v) is 3.88. The van der Waals surface area contributed by atoms with Gasteiger partial charge in [-0.3, -0.25) is 4.79 Å². The molecule has 0 aromatic heterocycles. The van der Waals surface area contributed by atoms with Gasteiger partial charge in [0.25, 0.3) is 0 Å². The van der Waals surface area contributed by atoms with E-state index in [9.17, 15) is 13.6 Å². The first-order chi connectivity index (χ1) is 10.0. The number of piperidine rings is 1. The molecule has 4 nitrogen and oxygen atoms in total. The molecule has 1 aliphatic rings. The second-order valence-electron chi connectivity index (χ2n) is 5.48. The van der Waals surface area contributed by atoms with Crippen molar-refractivity contribution in [3.05, 3.63) is 29.3 Å². The smallest absolute Gasteiger partial charge is 0.216 e. The van der Waals surface area contributed by atoms with Crippen LogP contribution >= 0.6 is 0 Å². The Morgan fingerprint density at radius 3 is 2.38 bits per heavy atom. The molecule has 0 aliphatic carbocycles. The van der Waals surface area contributed by atoms with Crippen molar-refractivity contribution in [3.63, 3.8) is 0 Å². The fourth-order valence-electron chi connectivity index (χ4n) is 2.69. The van der Waals surface area contributed by atoms with E-state index in [2.05, 4.69) is 5.32 Å². The first kappa shape index (κ1) is 15.7. The maximum absolute atomic E-state index is 14.0. The molecule has 3 N–H and O–H groups in total. The highest BCUT2D eigenvalue weighted by Crippen LogP contribution is 2.29. The minimum atomic E-state index is -0.559. The number of nitrogens with two attached hydrogens (primary N) is 1. The number of hydrogen-bond donors (Lipinski definition) is 2. The summed E-state index contributed by atoms with van der Waals surface area (Å²) in [4.78, 5) is 12.6. The Morgan fingerprint density at radius 2 is 1.90 bits per heavy atom. The lowest BCUT2D eigenvalue weighted by Gasteiger charge is -2.34. The molecular formula is C15H21F2N3O. The molecule has 1 aromatic rings. The largest absolute Gasteiger partial charge is 0.367 e. The first-order valence-electron chi connectivity index (χ1n) is 7.18. The lowest BCUT2D eigenvalue weighted by molar-refractivity contribution is -0.119. The van der Waals surface area contributed by atoms with Crippen LogP contribution < -0.4 is 16.0 Å². The summed E-state index contributed by atoms with van der Waals surface area (Å²) in [6.07, 6.45) is 1.61. The van der Waals surface area contributed by atoms with E-state index >= 15 is 0 Å². The summed E-state index contributed by atoms with van der Waals surface area (Å²) >= 11 is 0. The van der Waals surface area contributed by atoms with Crippen LogP contribution in [-0.2, 0) is 11.3 Å². The number of nitrogens with zero attached hydrogens (tertiary/aromatic N) is 1. The van der Waals surface area contributed by atoms with Crippen LogP contribution in [0.15, 0.2) is 12.1 Å². The molecule has 0 spiro atoms. The summed E-state index contributed by atoms with van der Waals surface area (Å²) in [5.41, 5.74) is 5.90. The molecule has 0 radical (unpaired) electrons. The van der Waals surface area contributed by atoms with Gasteiger partial charge in [-0.15, -0.1) is 0 Å². The summed E-state index contributed by atoms with van der Waals surface area (Å²) in [7, 11) is 0. The molecule has 1 fully saturated rings. The lowest BCUT2D eigenvalue weighted by Crippen LogP contribution is -2.39. The molecule has 21 heavy (non-hydrogen) atoms. The molecular weight excluding hydrogens is 276 g/mol. The Balaban J connectivity index is 2.01. The number of anilines is 1. The van der Waals surface area contributed by atoms with Gasteiger partial charge in [0.15, 0.2) is 0 Å². The Labute approximate surface area is 123 Å². The first-order valence-corrected chi connectivity index (χ1v) is 7.18. The normalized spacial score (nSPS) is 16.1. The van der Waals surface area contributed by atoms with Gasteiger partial charge < -0.3 is 16.0 Å². The van der Waals surface area contributed by atoms with E-state index in [1.165, 1.54) is 19.1 Å². The van der Waals surface area contributed by atoms with Gasteiger partial charge in [0, 0.05) is 33.1 Å². The number of halogens is 2. The molecule has 0 saturated carbocycles. The number of carbonyl (C=O) groups is 1. The maximum atomic E-state index is 14.0. The van der Waals surface area contributed by atoms with Crippen molar-refractivity contribution >= 4 is 11.6 Å². The summed E-state index contributed by atoms with van der Waals surface area (Å²) in [5, 5.41) is 2.79. The van der Waals surface area contributed by atoms with Gasteiger partial charge in [-0.05, 0) is 36.5 Å². The van der Waals surface area contributed by atoms with Crippen molar-refractivity contribution in [2.45, 2.75) is 26.3 Å². The predicted molar refractivity (Wildman–Crippen MR) is 77.9 cm³/mol. The Hall–Kier alpha value is -1.69. The van der Waals surface area contributed by atoms with Crippen LogP contribution in [-0.4, -0.2) is 25.5 Å². The predicted octanol–water partition coefficient (Wildman–Crippen LogP) is 1.78. The lowest BCUT2D eigenvalue weighted by atomic mass is 9.96. The third kappa shape index (κ3) is 3.91. The fraction of sp³-hybridized carbons (Fsp3) is 0.533. The van der Waals surface area contributed by atoms with Gasteiger partial charge in [0.05, 0.1) is 0 Å². The highest BCUT2D eigenvalue weighted by Gasteiger charge is 2.24. The highest BCUT2D eigenvalue weighted by molar-refractivity contribution is 5.72. The average Bonchev–Trinajstić information content (AvgIpc) is 2.45. The van der Waals surface area contributed by atoms with Gasteiger partial charge in [-0.25, -0.2) is 8.78 Å². The average molecular weight is 297 g/mol. The van der Waals surface area contributed by atoms with Gasteiger partial charge >= 0.3 is 0 Å². The molecule has 1 heterocycles. The molecule has 0 bridgehead atoms. The van der Waals surface area contributed by atoms with Crippen LogP contribution in [0.2, 0.25) is 0 Å².